The van der Waals surface area contributed by atoms with Gasteiger partial charge in [0.2, 0.25) is 21.8 Å². The lowest BCUT2D eigenvalue weighted by Gasteiger charge is -2.53. The molecular formula is C33H35BrN6O4S. The number of aromatic amines is 1. The smallest absolute Gasteiger partial charge is 0.246 e. The second-order valence-electron chi connectivity index (χ2n) is 11.4. The zero-order valence-corrected chi connectivity index (χ0v) is 27.3. The fraction of sp³-hybridized carbons (Fsp3) is 0.333. The number of hydrogen-bond donors (Lipinski definition) is 1. The van der Waals surface area contributed by atoms with Crippen molar-refractivity contribution in [2.24, 2.45) is 0 Å². The number of piperazine rings is 1. The van der Waals surface area contributed by atoms with Crippen LogP contribution in [0, 0.1) is 0 Å². The molecule has 2 aromatic carbocycles. The number of fused-ring (bicyclic) bond motifs is 1. The summed E-state index contributed by atoms with van der Waals surface area (Å²) in [5.74, 6) is -0.928. The number of carbonyl (C=O) groups excluding carboxylic acids is 2. The van der Waals surface area contributed by atoms with Gasteiger partial charge in [0.25, 0.3) is 0 Å². The summed E-state index contributed by atoms with van der Waals surface area (Å²) in [6, 6.07) is 17.8. The molecule has 3 atom stereocenters. The van der Waals surface area contributed by atoms with Crippen LogP contribution in [0.15, 0.2) is 94.9 Å². The molecule has 2 aliphatic rings. The van der Waals surface area contributed by atoms with E-state index < -0.39 is 28.1 Å². The highest BCUT2D eigenvalue weighted by Gasteiger charge is 2.53. The number of hydrogen-bond acceptors (Lipinski definition) is 6. The number of halogens is 1. The van der Waals surface area contributed by atoms with Crippen molar-refractivity contribution in [1.29, 1.82) is 0 Å². The lowest BCUT2D eigenvalue weighted by Crippen LogP contribution is -2.72. The standard InChI is InChI=1S/C33H35BrN6O4S/c1-2-25-19-26(34)8-9-29(25)45(43,44)39-17-13-31(41)40-30(39)21-38(16-12-23-10-14-35-15-11-23)33(42)32(40)27(28-20-36-22-37-28)18-24-6-4-3-5-7-24/h3-11,14-15,19-20,22,27,30,32H,2,12-13,16-18,21H2,1H3,(H,36,37). The van der Waals surface area contributed by atoms with Gasteiger partial charge in [-0.2, -0.15) is 4.31 Å². The Labute approximate surface area is 271 Å². The Balaban J connectivity index is 1.44. The minimum absolute atomic E-state index is 0.0183. The third-order valence-corrected chi connectivity index (χ3v) is 11.2. The van der Waals surface area contributed by atoms with Crippen molar-refractivity contribution in [1.82, 2.24) is 29.1 Å². The molecule has 0 spiro atoms. The maximum atomic E-state index is 14.6. The van der Waals surface area contributed by atoms with E-state index in [4.69, 9.17) is 0 Å². The second kappa shape index (κ2) is 13.2. The van der Waals surface area contributed by atoms with Crippen LogP contribution in [0.5, 0.6) is 0 Å². The van der Waals surface area contributed by atoms with E-state index >= 15 is 0 Å². The van der Waals surface area contributed by atoms with Gasteiger partial charge in [0, 0.05) is 54.2 Å². The molecule has 2 aromatic heterocycles. The summed E-state index contributed by atoms with van der Waals surface area (Å²) in [4.78, 5) is 43.4. The molecule has 3 unspecified atom stereocenters. The topological polar surface area (TPSA) is 120 Å². The molecule has 0 radical (unpaired) electrons. The highest BCUT2D eigenvalue weighted by atomic mass is 79.9. The van der Waals surface area contributed by atoms with E-state index in [1.54, 1.807) is 46.9 Å². The van der Waals surface area contributed by atoms with Crippen LogP contribution in [0.25, 0.3) is 0 Å². The molecule has 2 amide bonds. The van der Waals surface area contributed by atoms with E-state index in [2.05, 4.69) is 30.9 Å². The number of aromatic nitrogens is 3. The number of benzene rings is 2. The Kier molecular flexibility index (Phi) is 9.16. The first-order valence-electron chi connectivity index (χ1n) is 15.1. The molecular weight excluding hydrogens is 656 g/mol. The van der Waals surface area contributed by atoms with E-state index in [0.717, 1.165) is 15.6 Å². The van der Waals surface area contributed by atoms with E-state index in [-0.39, 0.29) is 36.2 Å². The first kappa shape index (κ1) is 31.1. The molecule has 4 heterocycles. The summed E-state index contributed by atoms with van der Waals surface area (Å²) in [5, 5.41) is 0. The van der Waals surface area contributed by atoms with Gasteiger partial charge in [-0.1, -0.05) is 53.2 Å². The number of H-pyrrole nitrogens is 1. The van der Waals surface area contributed by atoms with Gasteiger partial charge in [-0.05, 0) is 66.3 Å². The monoisotopic (exact) mass is 690 g/mol. The van der Waals surface area contributed by atoms with Crippen LogP contribution in [0.2, 0.25) is 0 Å². The number of rotatable bonds is 10. The lowest BCUT2D eigenvalue weighted by molar-refractivity contribution is -0.166. The third kappa shape index (κ3) is 6.31. The zero-order chi connectivity index (χ0) is 31.6. The molecule has 2 fully saturated rings. The average molecular weight is 692 g/mol. The van der Waals surface area contributed by atoms with E-state index in [9.17, 15) is 18.0 Å². The Morgan fingerprint density at radius 1 is 1.02 bits per heavy atom. The Hall–Kier alpha value is -3.87. The lowest BCUT2D eigenvalue weighted by atomic mass is 9.85. The van der Waals surface area contributed by atoms with Gasteiger partial charge in [-0.3, -0.25) is 14.6 Å². The van der Waals surface area contributed by atoms with Crippen LogP contribution >= 0.6 is 15.9 Å². The van der Waals surface area contributed by atoms with Crippen molar-refractivity contribution < 1.29 is 18.0 Å². The number of carbonyl (C=O) groups is 2. The van der Waals surface area contributed by atoms with Crippen LogP contribution in [-0.2, 0) is 38.9 Å². The molecule has 4 aromatic rings. The summed E-state index contributed by atoms with van der Waals surface area (Å²) < 4.78 is 31.1. The summed E-state index contributed by atoms with van der Waals surface area (Å²) in [6.45, 7) is 2.39. The van der Waals surface area contributed by atoms with Gasteiger partial charge in [0.05, 0.1) is 17.8 Å². The molecule has 10 nitrogen and oxygen atoms in total. The summed E-state index contributed by atoms with van der Waals surface area (Å²) in [5.41, 5.74) is 3.40. The van der Waals surface area contributed by atoms with Gasteiger partial charge < -0.3 is 14.8 Å². The first-order valence-corrected chi connectivity index (χ1v) is 17.3. The van der Waals surface area contributed by atoms with Crippen LogP contribution < -0.4 is 0 Å². The fourth-order valence-corrected chi connectivity index (χ4v) is 8.75. The zero-order valence-electron chi connectivity index (χ0n) is 24.9. The minimum Gasteiger partial charge on any atom is -0.348 e. The average Bonchev–Trinajstić information content (AvgIpc) is 3.59. The summed E-state index contributed by atoms with van der Waals surface area (Å²) in [6.07, 6.45) is 7.32. The Morgan fingerprint density at radius 2 is 1.80 bits per heavy atom. The molecule has 2 aliphatic heterocycles. The van der Waals surface area contributed by atoms with Crippen molar-refractivity contribution in [3.8, 4) is 0 Å². The number of sulfonamides is 1. The Morgan fingerprint density at radius 3 is 2.51 bits per heavy atom. The Bertz CT molecular complexity index is 1750. The highest BCUT2D eigenvalue weighted by Crippen LogP contribution is 2.37. The molecule has 0 saturated carbocycles. The molecule has 2 saturated heterocycles. The van der Waals surface area contributed by atoms with Gasteiger partial charge in [0.15, 0.2) is 0 Å². The van der Waals surface area contributed by atoms with E-state index in [1.165, 1.54) is 4.31 Å². The molecule has 45 heavy (non-hydrogen) atoms. The van der Waals surface area contributed by atoms with Crippen LogP contribution in [0.3, 0.4) is 0 Å². The molecule has 0 aliphatic carbocycles. The number of aryl methyl sites for hydroxylation is 1. The van der Waals surface area contributed by atoms with Crippen LogP contribution in [0.4, 0.5) is 0 Å². The van der Waals surface area contributed by atoms with Gasteiger partial charge in [0.1, 0.15) is 12.2 Å². The van der Waals surface area contributed by atoms with Crippen molar-refractivity contribution in [3.05, 3.63) is 112 Å². The summed E-state index contributed by atoms with van der Waals surface area (Å²) >= 11 is 3.47. The molecule has 234 valence electrons. The third-order valence-electron chi connectivity index (χ3n) is 8.74. The largest absolute Gasteiger partial charge is 0.348 e. The van der Waals surface area contributed by atoms with Crippen LogP contribution in [0.1, 0.15) is 41.6 Å². The normalized spacial score (nSPS) is 19.9. The molecule has 1 N–H and O–H groups in total. The van der Waals surface area contributed by atoms with E-state index in [0.29, 0.717) is 37.1 Å². The number of pyridine rings is 1. The van der Waals surface area contributed by atoms with Gasteiger partial charge in [-0.15, -0.1) is 0 Å². The molecule has 12 heteroatoms. The molecule has 6 rings (SSSR count). The number of nitrogens with one attached hydrogen (secondary N) is 1. The summed E-state index contributed by atoms with van der Waals surface area (Å²) in [7, 11) is -4.03. The van der Waals surface area contributed by atoms with Crippen molar-refractivity contribution in [2.45, 2.75) is 55.6 Å². The van der Waals surface area contributed by atoms with Crippen molar-refractivity contribution >= 4 is 37.8 Å². The van der Waals surface area contributed by atoms with Crippen molar-refractivity contribution in [2.75, 3.05) is 19.6 Å². The number of amides is 2. The maximum Gasteiger partial charge on any atom is 0.246 e. The van der Waals surface area contributed by atoms with E-state index in [1.807, 2.05) is 55.5 Å². The second-order valence-corrected chi connectivity index (χ2v) is 14.2. The quantitative estimate of drug-likeness (QED) is 0.267. The number of nitrogens with zero attached hydrogens (tertiary/aromatic N) is 5. The van der Waals surface area contributed by atoms with Crippen molar-refractivity contribution in [3.63, 3.8) is 0 Å². The fourth-order valence-electron chi connectivity index (χ4n) is 6.49. The SMILES string of the molecule is CCc1cc(Br)ccc1S(=O)(=O)N1CCC(=O)N2C(C(Cc3ccccc3)c3cnc[nH]3)C(=O)N(CCc3ccncc3)CC21. The van der Waals surface area contributed by atoms with Crippen LogP contribution in [-0.4, -0.2) is 81.1 Å². The highest BCUT2D eigenvalue weighted by molar-refractivity contribution is 9.10. The minimum atomic E-state index is -4.03. The number of imidazole rings is 1. The predicted molar refractivity (Wildman–Crippen MR) is 172 cm³/mol. The predicted octanol–water partition coefficient (Wildman–Crippen LogP) is 4.16. The first-order chi connectivity index (χ1) is 21.8. The van der Waals surface area contributed by atoms with Gasteiger partial charge in [-0.25, -0.2) is 13.4 Å². The molecule has 0 bridgehead atoms. The van der Waals surface area contributed by atoms with Gasteiger partial charge >= 0.3 is 0 Å². The maximum absolute atomic E-state index is 14.6.